The predicted octanol–water partition coefficient (Wildman–Crippen LogP) is 3.98. The average molecular weight is 409 g/mol. The maximum atomic E-state index is 11.7. The van der Waals surface area contributed by atoms with Gasteiger partial charge in [-0.3, -0.25) is 4.79 Å². The van der Waals surface area contributed by atoms with Gasteiger partial charge in [0.1, 0.15) is 0 Å². The molecule has 0 aliphatic carbocycles. The number of nitrogens with one attached hydrogen (secondary N) is 1. The third kappa shape index (κ3) is 6.18. The number of esters is 1. The minimum atomic E-state index is -0.578. The Morgan fingerprint density at radius 1 is 1.12 bits per heavy atom. The molecular formula is C18H15BrClNO3. The predicted molar refractivity (Wildman–Crippen MR) is 97.4 cm³/mol. The summed E-state index contributed by atoms with van der Waals surface area (Å²) in [5.41, 5.74) is 1.66. The van der Waals surface area contributed by atoms with Crippen molar-refractivity contribution in [2.24, 2.45) is 0 Å². The molecule has 0 saturated carbocycles. The van der Waals surface area contributed by atoms with Gasteiger partial charge in [-0.25, -0.2) is 4.79 Å². The third-order valence-corrected chi connectivity index (χ3v) is 3.96. The van der Waals surface area contributed by atoms with Crippen LogP contribution in [0.25, 0.3) is 6.08 Å². The number of rotatable bonds is 6. The van der Waals surface area contributed by atoms with E-state index in [2.05, 4.69) is 21.2 Å². The van der Waals surface area contributed by atoms with E-state index in [1.165, 1.54) is 6.08 Å². The molecule has 1 amide bonds. The van der Waals surface area contributed by atoms with E-state index in [1.54, 1.807) is 12.1 Å². The zero-order valence-electron chi connectivity index (χ0n) is 12.7. The molecular weight excluding hydrogens is 394 g/mol. The van der Waals surface area contributed by atoms with E-state index in [4.69, 9.17) is 16.3 Å². The van der Waals surface area contributed by atoms with Crippen LogP contribution in [0.1, 0.15) is 11.1 Å². The largest absolute Gasteiger partial charge is 0.452 e. The van der Waals surface area contributed by atoms with Crippen LogP contribution in [0.3, 0.4) is 0 Å². The van der Waals surface area contributed by atoms with Crippen LogP contribution >= 0.6 is 27.5 Å². The highest BCUT2D eigenvalue weighted by Crippen LogP contribution is 2.14. The summed E-state index contributed by atoms with van der Waals surface area (Å²) in [4.78, 5) is 23.3. The van der Waals surface area contributed by atoms with Gasteiger partial charge in [-0.1, -0.05) is 57.9 Å². The Labute approximate surface area is 153 Å². The molecule has 0 heterocycles. The lowest BCUT2D eigenvalue weighted by Crippen LogP contribution is -2.28. The van der Waals surface area contributed by atoms with Crippen molar-refractivity contribution in [2.45, 2.75) is 6.54 Å². The monoisotopic (exact) mass is 407 g/mol. The summed E-state index contributed by atoms with van der Waals surface area (Å²) in [6, 6.07) is 14.6. The summed E-state index contributed by atoms with van der Waals surface area (Å²) in [6.45, 7) is -0.0568. The average Bonchev–Trinajstić information content (AvgIpc) is 2.58. The van der Waals surface area contributed by atoms with Crippen LogP contribution in [0, 0.1) is 0 Å². The van der Waals surface area contributed by atoms with Crippen molar-refractivity contribution in [1.29, 1.82) is 0 Å². The number of hydrogen-bond acceptors (Lipinski definition) is 3. The Balaban J connectivity index is 1.74. The Kier molecular flexibility index (Phi) is 7.03. The van der Waals surface area contributed by atoms with Gasteiger partial charge in [0, 0.05) is 22.1 Å². The fourth-order valence-corrected chi connectivity index (χ4v) is 2.28. The Morgan fingerprint density at radius 2 is 1.83 bits per heavy atom. The fourth-order valence-electron chi connectivity index (χ4n) is 1.81. The summed E-state index contributed by atoms with van der Waals surface area (Å²) < 4.78 is 5.84. The van der Waals surface area contributed by atoms with Gasteiger partial charge in [0.05, 0.1) is 0 Å². The van der Waals surface area contributed by atoms with Gasteiger partial charge in [0.2, 0.25) is 0 Å². The molecule has 0 aromatic heterocycles. The van der Waals surface area contributed by atoms with Crippen molar-refractivity contribution in [1.82, 2.24) is 5.32 Å². The number of benzene rings is 2. The quantitative estimate of drug-likeness (QED) is 0.581. The van der Waals surface area contributed by atoms with E-state index in [0.717, 1.165) is 15.6 Å². The molecule has 6 heteroatoms. The molecule has 0 unspecified atom stereocenters. The van der Waals surface area contributed by atoms with Gasteiger partial charge in [-0.15, -0.1) is 0 Å². The first-order valence-corrected chi connectivity index (χ1v) is 8.32. The van der Waals surface area contributed by atoms with Crippen LogP contribution in [0.2, 0.25) is 5.02 Å². The van der Waals surface area contributed by atoms with Crippen molar-refractivity contribution in [3.63, 3.8) is 0 Å². The van der Waals surface area contributed by atoms with Crippen LogP contribution in [0.4, 0.5) is 0 Å². The number of carbonyl (C=O) groups is 2. The molecule has 4 nitrogen and oxygen atoms in total. The molecule has 2 aromatic carbocycles. The topological polar surface area (TPSA) is 55.4 Å². The molecule has 0 fully saturated rings. The van der Waals surface area contributed by atoms with E-state index < -0.39 is 5.97 Å². The normalized spacial score (nSPS) is 10.6. The van der Waals surface area contributed by atoms with Crippen LogP contribution in [-0.2, 0) is 20.9 Å². The molecule has 0 aliphatic rings. The minimum absolute atomic E-state index is 0.283. The van der Waals surface area contributed by atoms with Crippen LogP contribution in [-0.4, -0.2) is 18.5 Å². The van der Waals surface area contributed by atoms with Gasteiger partial charge < -0.3 is 10.1 Å². The molecule has 2 rings (SSSR count). The smallest absolute Gasteiger partial charge is 0.331 e. The van der Waals surface area contributed by atoms with E-state index >= 15 is 0 Å². The second kappa shape index (κ2) is 9.25. The zero-order valence-corrected chi connectivity index (χ0v) is 15.0. The van der Waals surface area contributed by atoms with E-state index in [0.29, 0.717) is 5.02 Å². The second-order valence-electron chi connectivity index (χ2n) is 4.86. The lowest BCUT2D eigenvalue weighted by molar-refractivity contribution is -0.143. The first-order valence-electron chi connectivity index (χ1n) is 7.15. The Morgan fingerprint density at radius 3 is 2.54 bits per heavy atom. The van der Waals surface area contributed by atoms with Crippen LogP contribution in [0.15, 0.2) is 59.1 Å². The molecule has 0 spiro atoms. The zero-order chi connectivity index (χ0) is 17.4. The van der Waals surface area contributed by atoms with Crippen molar-refractivity contribution in [2.75, 3.05) is 6.61 Å². The van der Waals surface area contributed by atoms with Crippen molar-refractivity contribution >= 4 is 45.5 Å². The summed E-state index contributed by atoms with van der Waals surface area (Å²) >= 11 is 9.33. The highest BCUT2D eigenvalue weighted by atomic mass is 79.9. The molecule has 0 bridgehead atoms. The summed E-state index contributed by atoms with van der Waals surface area (Å²) in [5, 5.41) is 3.22. The lowest BCUT2D eigenvalue weighted by atomic mass is 10.2. The highest BCUT2D eigenvalue weighted by molar-refractivity contribution is 9.10. The third-order valence-electron chi connectivity index (χ3n) is 3.06. The van der Waals surface area contributed by atoms with Crippen molar-refractivity contribution in [3.8, 4) is 0 Å². The fraction of sp³-hybridized carbons (Fsp3) is 0.111. The van der Waals surface area contributed by atoms with Crippen LogP contribution in [0.5, 0.6) is 0 Å². The Hall–Kier alpha value is -2.11. The first-order chi connectivity index (χ1) is 11.5. The summed E-state index contributed by atoms with van der Waals surface area (Å²) in [6.07, 6.45) is 2.90. The number of amides is 1. The number of ether oxygens (including phenoxy) is 1. The highest BCUT2D eigenvalue weighted by Gasteiger charge is 2.06. The summed E-state index contributed by atoms with van der Waals surface area (Å²) in [5.74, 6) is -0.967. The standard InChI is InChI=1S/C18H15BrClNO3/c19-15-8-5-13(6-9-15)7-10-18(23)24-12-17(22)21-11-14-3-1-2-4-16(14)20/h1-10H,11-12H2,(H,21,22)/b10-7+. The molecule has 2 aromatic rings. The maximum absolute atomic E-state index is 11.7. The minimum Gasteiger partial charge on any atom is -0.452 e. The molecule has 0 radical (unpaired) electrons. The number of hydrogen-bond donors (Lipinski definition) is 1. The molecule has 1 N–H and O–H groups in total. The Bertz CT molecular complexity index is 744. The number of halogens is 2. The van der Waals surface area contributed by atoms with E-state index in [1.807, 2.05) is 42.5 Å². The maximum Gasteiger partial charge on any atom is 0.331 e. The first kappa shape index (κ1) is 18.2. The molecule has 0 atom stereocenters. The van der Waals surface area contributed by atoms with Gasteiger partial charge in [0.25, 0.3) is 5.91 Å². The molecule has 0 aliphatic heterocycles. The lowest BCUT2D eigenvalue weighted by Gasteiger charge is -2.06. The van der Waals surface area contributed by atoms with E-state index in [-0.39, 0.29) is 19.1 Å². The van der Waals surface area contributed by atoms with Gasteiger partial charge in [-0.05, 0) is 35.4 Å². The van der Waals surface area contributed by atoms with Gasteiger partial charge in [-0.2, -0.15) is 0 Å². The van der Waals surface area contributed by atoms with E-state index in [9.17, 15) is 9.59 Å². The molecule has 0 saturated heterocycles. The number of carbonyl (C=O) groups excluding carboxylic acids is 2. The second-order valence-corrected chi connectivity index (χ2v) is 6.18. The summed E-state index contributed by atoms with van der Waals surface area (Å²) in [7, 11) is 0. The molecule has 24 heavy (non-hydrogen) atoms. The van der Waals surface area contributed by atoms with Gasteiger partial charge in [0.15, 0.2) is 6.61 Å². The molecule has 124 valence electrons. The van der Waals surface area contributed by atoms with Crippen molar-refractivity contribution < 1.29 is 14.3 Å². The SMILES string of the molecule is O=C(COC(=O)/C=C/c1ccc(Br)cc1)NCc1ccccc1Cl. The van der Waals surface area contributed by atoms with Crippen molar-refractivity contribution in [3.05, 3.63) is 75.2 Å². The van der Waals surface area contributed by atoms with Gasteiger partial charge >= 0.3 is 5.97 Å². The van der Waals surface area contributed by atoms with Crippen LogP contribution < -0.4 is 5.32 Å².